The summed E-state index contributed by atoms with van der Waals surface area (Å²) in [6, 6.07) is 64.7. The molecule has 6 heteroatoms. The lowest BCUT2D eigenvalue weighted by atomic mass is 9.95. The molecule has 0 aliphatic heterocycles. The molecule has 3 heterocycles. The largest absolute Gasteiger partial charge is 0.309 e. The first-order valence-corrected chi connectivity index (χ1v) is 18.7. The maximum Gasteiger partial charge on any atom is 0.0998 e. The van der Waals surface area contributed by atoms with Crippen molar-refractivity contribution in [3.8, 4) is 46.4 Å². The van der Waals surface area contributed by atoms with E-state index in [1.54, 1.807) is 0 Å². The molecular weight excluding hydrogens is 697 g/mol. The molecule has 6 nitrogen and oxygen atoms in total. The molecule has 0 unspecified atom stereocenters. The maximum atomic E-state index is 10.7. The fraction of sp³-hybridized carbons (Fsp3) is 0. The summed E-state index contributed by atoms with van der Waals surface area (Å²) < 4.78 is 6.76. The average Bonchev–Trinajstić information content (AvgIpc) is 3.91. The number of fused-ring (bicyclic) bond motifs is 9. The summed E-state index contributed by atoms with van der Waals surface area (Å²) in [6.07, 6.45) is 0. The first-order valence-electron chi connectivity index (χ1n) is 18.7. The quantitative estimate of drug-likeness (QED) is 0.181. The van der Waals surface area contributed by atoms with Gasteiger partial charge in [-0.3, -0.25) is 0 Å². The highest BCUT2D eigenvalue weighted by Gasteiger charge is 2.21. The number of nitriles is 3. The van der Waals surface area contributed by atoms with Gasteiger partial charge in [0, 0.05) is 54.8 Å². The molecule has 57 heavy (non-hydrogen) atoms. The number of hydrogen-bond acceptors (Lipinski definition) is 3. The van der Waals surface area contributed by atoms with Gasteiger partial charge in [-0.1, -0.05) is 84.9 Å². The van der Waals surface area contributed by atoms with E-state index in [9.17, 15) is 15.8 Å². The molecule has 11 aromatic rings. The predicted octanol–water partition coefficient (Wildman–Crippen LogP) is 12.3. The second kappa shape index (κ2) is 12.3. The van der Waals surface area contributed by atoms with Gasteiger partial charge in [0.2, 0.25) is 0 Å². The smallest absolute Gasteiger partial charge is 0.0998 e. The van der Waals surface area contributed by atoms with Gasteiger partial charge in [-0.05, 0) is 84.9 Å². The summed E-state index contributed by atoms with van der Waals surface area (Å²) in [6.45, 7) is 0. The summed E-state index contributed by atoms with van der Waals surface area (Å²) in [5.74, 6) is 0. The van der Waals surface area contributed by atoms with Gasteiger partial charge in [0.05, 0.1) is 73.7 Å². The van der Waals surface area contributed by atoms with Crippen molar-refractivity contribution >= 4 is 65.4 Å². The standard InChI is InChI=1S/C51H28N6/c52-29-32-20-25-48-43(26-32)40-12-3-5-14-44(40)55(48)35-23-24-37(34(27-35)31-54)42-28-36(22-21-33(42)30-53)56-47-17-8-4-13-41(47)51-49(56)18-9-19-50(51)57-45-15-6-1-10-38(45)39-11-2-7-16-46(39)57/h1-28H. The first-order chi connectivity index (χ1) is 28.2. The summed E-state index contributed by atoms with van der Waals surface area (Å²) in [5.41, 5.74) is 12.0. The molecule has 0 aliphatic rings. The summed E-state index contributed by atoms with van der Waals surface area (Å²) in [5, 5.41) is 37.4. The summed E-state index contributed by atoms with van der Waals surface area (Å²) in [4.78, 5) is 0. The minimum absolute atomic E-state index is 0.455. The molecule has 0 fully saturated rings. The number of hydrogen-bond donors (Lipinski definition) is 0. The average molecular weight is 725 g/mol. The van der Waals surface area contributed by atoms with E-state index in [4.69, 9.17) is 0 Å². The zero-order valence-electron chi connectivity index (χ0n) is 30.3. The molecule has 0 spiro atoms. The third-order valence-electron chi connectivity index (χ3n) is 11.4. The Bertz CT molecular complexity index is 3580. The van der Waals surface area contributed by atoms with E-state index >= 15 is 0 Å². The molecule has 0 radical (unpaired) electrons. The van der Waals surface area contributed by atoms with Gasteiger partial charge in [-0.25, -0.2) is 0 Å². The van der Waals surface area contributed by atoms with E-state index in [1.807, 2.05) is 66.7 Å². The van der Waals surface area contributed by atoms with E-state index < -0.39 is 0 Å². The van der Waals surface area contributed by atoms with Crippen LogP contribution in [0.15, 0.2) is 170 Å². The number of rotatable bonds is 4. The summed E-state index contributed by atoms with van der Waals surface area (Å²) >= 11 is 0. The molecule has 0 saturated heterocycles. The van der Waals surface area contributed by atoms with Crippen molar-refractivity contribution in [2.45, 2.75) is 0 Å². The van der Waals surface area contributed by atoms with Gasteiger partial charge in [-0.2, -0.15) is 15.8 Å². The van der Waals surface area contributed by atoms with Crippen LogP contribution in [0.3, 0.4) is 0 Å². The highest BCUT2D eigenvalue weighted by atomic mass is 15.0. The van der Waals surface area contributed by atoms with Gasteiger partial charge in [0.25, 0.3) is 0 Å². The minimum Gasteiger partial charge on any atom is -0.309 e. The fourth-order valence-electron chi connectivity index (χ4n) is 8.96. The monoisotopic (exact) mass is 724 g/mol. The van der Waals surface area contributed by atoms with Gasteiger partial charge in [0.1, 0.15) is 0 Å². The van der Waals surface area contributed by atoms with E-state index in [2.05, 4.69) is 135 Å². The molecule has 0 aliphatic carbocycles. The van der Waals surface area contributed by atoms with Crippen molar-refractivity contribution in [1.82, 2.24) is 13.7 Å². The lowest BCUT2D eigenvalue weighted by molar-refractivity contribution is 1.17. The van der Waals surface area contributed by atoms with Crippen molar-refractivity contribution in [2.24, 2.45) is 0 Å². The molecule has 11 rings (SSSR count). The molecular formula is C51H28N6. The predicted molar refractivity (Wildman–Crippen MR) is 229 cm³/mol. The lowest BCUT2D eigenvalue weighted by Crippen LogP contribution is -1.99. The van der Waals surface area contributed by atoms with E-state index in [-0.39, 0.29) is 0 Å². The normalized spacial score (nSPS) is 11.5. The Morgan fingerprint density at radius 1 is 0.333 bits per heavy atom. The van der Waals surface area contributed by atoms with Crippen LogP contribution in [-0.2, 0) is 0 Å². The van der Waals surface area contributed by atoms with E-state index in [0.29, 0.717) is 27.8 Å². The zero-order chi connectivity index (χ0) is 38.2. The van der Waals surface area contributed by atoms with Crippen LogP contribution in [-0.4, -0.2) is 13.7 Å². The second-order valence-corrected chi connectivity index (χ2v) is 14.3. The Balaban J connectivity index is 1.12. The number of nitrogens with zero attached hydrogens (tertiary/aromatic N) is 6. The Kier molecular flexibility index (Phi) is 6.95. The van der Waals surface area contributed by atoms with Crippen LogP contribution in [0.4, 0.5) is 0 Å². The Morgan fingerprint density at radius 3 is 1.53 bits per heavy atom. The first kappa shape index (κ1) is 32.1. The highest BCUT2D eigenvalue weighted by Crippen LogP contribution is 2.41. The van der Waals surface area contributed by atoms with Crippen molar-refractivity contribution in [1.29, 1.82) is 15.8 Å². The van der Waals surface area contributed by atoms with Gasteiger partial charge >= 0.3 is 0 Å². The molecule has 0 saturated carbocycles. The lowest BCUT2D eigenvalue weighted by Gasteiger charge is -2.15. The Morgan fingerprint density at radius 2 is 0.860 bits per heavy atom. The third-order valence-corrected chi connectivity index (χ3v) is 11.4. The second-order valence-electron chi connectivity index (χ2n) is 14.3. The maximum absolute atomic E-state index is 10.7. The molecule has 0 atom stereocenters. The SMILES string of the molecule is N#Cc1ccc2c(c1)c1ccccc1n2-c1ccc(-c2cc(-n3c4ccccc4c4c(-n5c6ccccc6c6ccccc65)cccc43)ccc2C#N)c(C#N)c1. The van der Waals surface area contributed by atoms with Crippen LogP contribution >= 0.6 is 0 Å². The number of benzene rings is 8. The molecule has 3 aromatic heterocycles. The van der Waals surface area contributed by atoms with Crippen LogP contribution in [0.5, 0.6) is 0 Å². The summed E-state index contributed by atoms with van der Waals surface area (Å²) in [7, 11) is 0. The number of aromatic nitrogens is 3. The molecule has 0 N–H and O–H groups in total. The fourth-order valence-corrected chi connectivity index (χ4v) is 8.96. The van der Waals surface area contributed by atoms with Crippen LogP contribution < -0.4 is 0 Å². The zero-order valence-corrected chi connectivity index (χ0v) is 30.3. The molecule has 0 amide bonds. The molecule has 262 valence electrons. The molecule has 8 aromatic carbocycles. The van der Waals surface area contributed by atoms with Crippen molar-refractivity contribution in [2.75, 3.05) is 0 Å². The van der Waals surface area contributed by atoms with Crippen LogP contribution in [0.2, 0.25) is 0 Å². The van der Waals surface area contributed by atoms with Crippen molar-refractivity contribution in [3.63, 3.8) is 0 Å². The van der Waals surface area contributed by atoms with Gasteiger partial charge in [-0.15, -0.1) is 0 Å². The van der Waals surface area contributed by atoms with E-state index in [0.717, 1.165) is 71.7 Å². The minimum atomic E-state index is 0.455. The van der Waals surface area contributed by atoms with Crippen molar-refractivity contribution in [3.05, 3.63) is 187 Å². The topological polar surface area (TPSA) is 86.2 Å². The Hall–Kier alpha value is -8.37. The van der Waals surface area contributed by atoms with Gasteiger partial charge < -0.3 is 13.7 Å². The highest BCUT2D eigenvalue weighted by molar-refractivity contribution is 6.16. The van der Waals surface area contributed by atoms with Crippen molar-refractivity contribution < 1.29 is 0 Å². The van der Waals surface area contributed by atoms with Crippen LogP contribution in [0.1, 0.15) is 16.7 Å². The number of para-hydroxylation sites is 4. The Labute approximate surface area is 326 Å². The van der Waals surface area contributed by atoms with Crippen LogP contribution in [0.25, 0.3) is 93.6 Å². The molecule has 0 bridgehead atoms. The van der Waals surface area contributed by atoms with Crippen LogP contribution in [0, 0.1) is 34.0 Å². The van der Waals surface area contributed by atoms with Gasteiger partial charge in [0.15, 0.2) is 0 Å². The third kappa shape index (κ3) is 4.61. The van der Waals surface area contributed by atoms with E-state index in [1.165, 1.54) is 10.8 Å².